The van der Waals surface area contributed by atoms with E-state index in [0.29, 0.717) is 31.2 Å². The zero-order chi connectivity index (χ0) is 26.4. The van der Waals surface area contributed by atoms with Crippen LogP contribution >= 0.6 is 0 Å². The molecule has 37 heavy (non-hydrogen) atoms. The van der Waals surface area contributed by atoms with Gasteiger partial charge in [-0.05, 0) is 55.4 Å². The summed E-state index contributed by atoms with van der Waals surface area (Å²) in [6, 6.07) is 3.58. The lowest BCUT2D eigenvalue weighted by atomic mass is 9.94. The molecule has 11 nitrogen and oxygen atoms in total. The number of aromatic nitrogens is 2. The summed E-state index contributed by atoms with van der Waals surface area (Å²) in [5.41, 5.74) is 2.34. The molecule has 2 aliphatic rings. The highest BCUT2D eigenvalue weighted by Crippen LogP contribution is 2.23. The second-order valence-electron chi connectivity index (χ2n) is 9.72. The fourth-order valence-corrected chi connectivity index (χ4v) is 4.80. The van der Waals surface area contributed by atoms with Crippen molar-refractivity contribution in [3.63, 3.8) is 0 Å². The lowest BCUT2D eigenvalue weighted by Gasteiger charge is -2.34. The highest BCUT2D eigenvalue weighted by atomic mass is 16.5. The Morgan fingerprint density at radius 1 is 1.19 bits per heavy atom. The number of aryl methyl sites for hydroxylation is 1. The van der Waals surface area contributed by atoms with Gasteiger partial charge in [0.2, 0.25) is 23.6 Å². The summed E-state index contributed by atoms with van der Waals surface area (Å²) in [4.78, 5) is 53.3. The fourth-order valence-electron chi connectivity index (χ4n) is 4.80. The molecule has 0 spiro atoms. The van der Waals surface area contributed by atoms with Crippen LogP contribution in [-0.2, 0) is 25.7 Å². The van der Waals surface area contributed by atoms with Crippen molar-refractivity contribution >= 4 is 23.6 Å². The molecule has 4 N–H and O–H groups in total. The number of aromatic amines is 1. The number of hydrogen-bond donors (Lipinski definition) is 4. The zero-order valence-corrected chi connectivity index (χ0v) is 21.2. The smallest absolute Gasteiger partial charge is 0.247 e. The van der Waals surface area contributed by atoms with Crippen LogP contribution in [0.15, 0.2) is 30.6 Å². The Balaban J connectivity index is 1.63. The Kier molecular flexibility index (Phi) is 8.42. The molecule has 2 unspecified atom stereocenters. The van der Waals surface area contributed by atoms with E-state index in [1.54, 1.807) is 4.90 Å². The van der Waals surface area contributed by atoms with E-state index in [1.807, 2.05) is 25.1 Å². The minimum absolute atomic E-state index is 0.196. The standard InChI is InChI=1S/C26H34N6O5/c1-16-5-6-21-10-19(16)12-27-26(36)24(20-13-28-29-14-20)31-25(35)22(30-17(2)33)11-23(34)32-8-3-4-18(15-32)7-9-37-21/h5-6,10,13-14,18,22,24H,3-4,7-9,11-12,15H2,1-2H3,(H,27,36)(H,28,29)(H,30,33)(H,31,35)/t18?,22-,24?/m0/s1. The zero-order valence-electron chi connectivity index (χ0n) is 21.2. The van der Waals surface area contributed by atoms with Crippen molar-refractivity contribution in [3.8, 4) is 5.75 Å². The van der Waals surface area contributed by atoms with E-state index in [9.17, 15) is 19.2 Å². The quantitative estimate of drug-likeness (QED) is 0.476. The van der Waals surface area contributed by atoms with Gasteiger partial charge < -0.3 is 25.6 Å². The van der Waals surface area contributed by atoms with Gasteiger partial charge in [-0.25, -0.2) is 0 Å². The van der Waals surface area contributed by atoms with Gasteiger partial charge in [0.15, 0.2) is 0 Å². The predicted molar refractivity (Wildman–Crippen MR) is 134 cm³/mol. The second-order valence-corrected chi connectivity index (χ2v) is 9.72. The number of carbonyl (C=O) groups is 4. The first-order valence-electron chi connectivity index (χ1n) is 12.6. The molecule has 1 saturated heterocycles. The van der Waals surface area contributed by atoms with Gasteiger partial charge in [-0.1, -0.05) is 6.07 Å². The molecule has 0 radical (unpaired) electrons. The van der Waals surface area contributed by atoms with E-state index in [1.165, 1.54) is 19.3 Å². The van der Waals surface area contributed by atoms with Gasteiger partial charge in [0, 0.05) is 38.3 Å². The number of amides is 4. The molecule has 3 heterocycles. The van der Waals surface area contributed by atoms with E-state index in [-0.39, 0.29) is 18.9 Å². The number of ether oxygens (including phenoxy) is 1. The van der Waals surface area contributed by atoms with Crippen LogP contribution in [0.3, 0.4) is 0 Å². The number of benzene rings is 1. The average Bonchev–Trinajstić information content (AvgIpc) is 3.41. The summed E-state index contributed by atoms with van der Waals surface area (Å²) in [6.07, 6.45) is 5.43. The maximum atomic E-state index is 13.3. The Morgan fingerprint density at radius 3 is 2.78 bits per heavy atom. The van der Waals surface area contributed by atoms with E-state index in [0.717, 1.165) is 36.1 Å². The third kappa shape index (κ3) is 6.87. The van der Waals surface area contributed by atoms with Crippen LogP contribution in [0.5, 0.6) is 5.75 Å². The molecule has 1 aromatic carbocycles. The van der Waals surface area contributed by atoms with Crippen LogP contribution in [0.1, 0.15) is 55.3 Å². The number of fused-ring (bicyclic) bond motifs is 4. The molecule has 0 saturated carbocycles. The molecule has 1 fully saturated rings. The van der Waals surface area contributed by atoms with Gasteiger partial charge in [0.05, 0.1) is 19.2 Å². The average molecular weight is 511 g/mol. The Hall–Kier alpha value is -3.89. The SMILES string of the molecule is CC(=O)N[C@H]1CC(=O)N2CCCC(CCOc3ccc(C)c(c3)CNC(=O)C(c3cn[nH]c3)NC1=O)C2. The van der Waals surface area contributed by atoms with E-state index in [4.69, 9.17) is 4.74 Å². The number of H-pyrrole nitrogens is 1. The van der Waals surface area contributed by atoms with E-state index >= 15 is 0 Å². The molecule has 198 valence electrons. The largest absolute Gasteiger partial charge is 0.494 e. The number of nitrogens with one attached hydrogen (secondary N) is 4. The van der Waals surface area contributed by atoms with Crippen molar-refractivity contribution in [2.24, 2.45) is 5.92 Å². The number of carbonyl (C=O) groups excluding carboxylic acids is 4. The van der Waals surface area contributed by atoms with Crippen LogP contribution in [0, 0.1) is 12.8 Å². The molecular weight excluding hydrogens is 476 g/mol. The van der Waals surface area contributed by atoms with E-state index in [2.05, 4.69) is 26.1 Å². The monoisotopic (exact) mass is 510 g/mol. The van der Waals surface area contributed by atoms with Crippen molar-refractivity contribution in [1.82, 2.24) is 31.0 Å². The molecule has 1 aromatic heterocycles. The summed E-state index contributed by atoms with van der Waals surface area (Å²) in [5, 5.41) is 14.7. The molecular formula is C26H34N6O5. The van der Waals surface area contributed by atoms with Crippen LogP contribution in [-0.4, -0.2) is 64.5 Å². The van der Waals surface area contributed by atoms with Crippen LogP contribution < -0.4 is 20.7 Å². The van der Waals surface area contributed by atoms with Crippen LogP contribution in [0.4, 0.5) is 0 Å². The van der Waals surface area contributed by atoms with Crippen molar-refractivity contribution in [3.05, 3.63) is 47.3 Å². The third-order valence-corrected chi connectivity index (χ3v) is 6.91. The minimum atomic E-state index is -1.12. The van der Waals surface area contributed by atoms with E-state index < -0.39 is 29.8 Å². The molecule has 3 atom stereocenters. The first kappa shape index (κ1) is 26.2. The highest BCUT2D eigenvalue weighted by Gasteiger charge is 2.32. The number of rotatable bonds is 2. The van der Waals surface area contributed by atoms with Crippen LogP contribution in [0.2, 0.25) is 0 Å². The molecule has 2 aromatic rings. The summed E-state index contributed by atoms with van der Waals surface area (Å²) < 4.78 is 6.01. The topological polar surface area (TPSA) is 146 Å². The highest BCUT2D eigenvalue weighted by molar-refractivity contribution is 5.95. The van der Waals surface area contributed by atoms with Crippen molar-refractivity contribution in [1.29, 1.82) is 0 Å². The molecule has 4 amide bonds. The number of nitrogens with zero attached hydrogens (tertiary/aromatic N) is 2. The molecule has 2 aliphatic heterocycles. The molecule has 4 bridgehead atoms. The van der Waals surface area contributed by atoms with Crippen LogP contribution in [0.25, 0.3) is 0 Å². The van der Waals surface area contributed by atoms with Gasteiger partial charge in [0.25, 0.3) is 0 Å². The summed E-state index contributed by atoms with van der Waals surface area (Å²) >= 11 is 0. The Labute approximate surface area is 215 Å². The lowest BCUT2D eigenvalue weighted by Crippen LogP contribution is -2.52. The normalized spacial score (nSPS) is 23.7. The van der Waals surface area contributed by atoms with Gasteiger partial charge in [-0.3, -0.25) is 24.3 Å². The molecule has 4 rings (SSSR count). The third-order valence-electron chi connectivity index (χ3n) is 6.91. The summed E-state index contributed by atoms with van der Waals surface area (Å²) in [7, 11) is 0. The molecule has 0 aliphatic carbocycles. The van der Waals surface area contributed by atoms with Gasteiger partial charge in [-0.2, -0.15) is 5.10 Å². The van der Waals surface area contributed by atoms with Gasteiger partial charge in [0.1, 0.15) is 17.8 Å². The van der Waals surface area contributed by atoms with Crippen molar-refractivity contribution in [2.45, 2.75) is 58.2 Å². The Morgan fingerprint density at radius 2 is 2.03 bits per heavy atom. The number of hydrogen-bond acceptors (Lipinski definition) is 6. The van der Waals surface area contributed by atoms with Crippen molar-refractivity contribution < 1.29 is 23.9 Å². The maximum absolute atomic E-state index is 13.3. The Bertz CT molecular complexity index is 1130. The van der Waals surface area contributed by atoms with Crippen molar-refractivity contribution in [2.75, 3.05) is 19.7 Å². The first-order chi connectivity index (χ1) is 17.8. The summed E-state index contributed by atoms with van der Waals surface area (Å²) in [6.45, 7) is 5.18. The molecule has 11 heteroatoms. The maximum Gasteiger partial charge on any atom is 0.247 e. The second kappa shape index (κ2) is 11.9. The summed E-state index contributed by atoms with van der Waals surface area (Å²) in [5.74, 6) is -0.715. The first-order valence-corrected chi connectivity index (χ1v) is 12.6. The number of piperidine rings is 1. The minimum Gasteiger partial charge on any atom is -0.494 e. The van der Waals surface area contributed by atoms with Gasteiger partial charge >= 0.3 is 0 Å². The predicted octanol–water partition coefficient (Wildman–Crippen LogP) is 1.11. The fraction of sp³-hybridized carbons (Fsp3) is 0.500. The van der Waals surface area contributed by atoms with Gasteiger partial charge in [-0.15, -0.1) is 0 Å². The lowest BCUT2D eigenvalue weighted by molar-refractivity contribution is -0.138.